The highest BCUT2D eigenvalue weighted by atomic mass is 16.3. The molecule has 8 nitrogen and oxygen atoms in total. The van der Waals surface area contributed by atoms with Crippen molar-refractivity contribution < 1.29 is 19.5 Å². The van der Waals surface area contributed by atoms with E-state index in [2.05, 4.69) is 16.0 Å². The Hall–Kier alpha value is -2.61. The first-order valence-corrected chi connectivity index (χ1v) is 10.3. The van der Waals surface area contributed by atoms with E-state index in [0.717, 1.165) is 44.3 Å². The van der Waals surface area contributed by atoms with Gasteiger partial charge in [-0.15, -0.1) is 0 Å². The third-order valence-electron chi connectivity index (χ3n) is 5.22. The number of rotatable bonds is 11. The second-order valence-electron chi connectivity index (χ2n) is 7.58. The maximum absolute atomic E-state index is 12.1. The van der Waals surface area contributed by atoms with Crippen molar-refractivity contribution in [2.45, 2.75) is 51.0 Å². The average molecular weight is 405 g/mol. The minimum atomic E-state index is -1.00. The van der Waals surface area contributed by atoms with Gasteiger partial charge in [0.1, 0.15) is 11.8 Å². The second-order valence-corrected chi connectivity index (χ2v) is 7.58. The summed E-state index contributed by atoms with van der Waals surface area (Å²) in [7, 11) is 0. The smallest absolute Gasteiger partial charge is 0.240 e. The monoisotopic (exact) mass is 404 g/mol. The number of phenolic OH excluding ortho intramolecular Hbond substituents is 1. The highest BCUT2D eigenvalue weighted by Gasteiger charge is 2.21. The molecule has 1 aromatic carbocycles. The molecule has 1 heterocycles. The maximum Gasteiger partial charge on any atom is 0.240 e. The molecule has 0 aliphatic carbocycles. The molecule has 1 aliphatic heterocycles. The average Bonchev–Trinajstić information content (AvgIpc) is 2.70. The van der Waals surface area contributed by atoms with E-state index in [0.29, 0.717) is 25.3 Å². The third kappa shape index (κ3) is 8.95. The summed E-state index contributed by atoms with van der Waals surface area (Å²) in [4.78, 5) is 35.8. The zero-order valence-corrected chi connectivity index (χ0v) is 16.8. The first-order valence-electron chi connectivity index (χ1n) is 10.3. The van der Waals surface area contributed by atoms with Gasteiger partial charge in [-0.25, -0.2) is 0 Å². The molecule has 1 atom stereocenters. The molecular weight excluding hydrogens is 372 g/mol. The quantitative estimate of drug-likeness (QED) is 0.368. The summed E-state index contributed by atoms with van der Waals surface area (Å²) in [5, 5.41) is 17.9. The van der Waals surface area contributed by atoms with Gasteiger partial charge < -0.3 is 26.8 Å². The van der Waals surface area contributed by atoms with Gasteiger partial charge in [0.05, 0.1) is 6.42 Å². The van der Waals surface area contributed by atoms with Gasteiger partial charge in [0.25, 0.3) is 0 Å². The Balaban J connectivity index is 1.66. The number of primary amides is 1. The minimum absolute atomic E-state index is 0.176. The number of hydrogen-bond acceptors (Lipinski definition) is 5. The molecule has 0 spiro atoms. The van der Waals surface area contributed by atoms with Gasteiger partial charge in [-0.3, -0.25) is 14.4 Å². The largest absolute Gasteiger partial charge is 0.508 e. The number of aromatic hydroxyl groups is 1. The zero-order chi connectivity index (χ0) is 21.1. The van der Waals surface area contributed by atoms with Crippen molar-refractivity contribution in [1.29, 1.82) is 0 Å². The Kier molecular flexibility index (Phi) is 9.43. The van der Waals surface area contributed by atoms with Crippen molar-refractivity contribution in [3.05, 3.63) is 29.8 Å². The molecule has 1 aliphatic rings. The lowest BCUT2D eigenvalue weighted by Crippen LogP contribution is -2.47. The van der Waals surface area contributed by atoms with Crippen LogP contribution in [0.15, 0.2) is 24.3 Å². The number of piperidine rings is 1. The lowest BCUT2D eigenvalue weighted by molar-refractivity contribution is -0.130. The molecular formula is C21H32N4O4. The summed E-state index contributed by atoms with van der Waals surface area (Å²) >= 11 is 0. The molecule has 1 unspecified atom stereocenters. The molecule has 3 amide bonds. The number of carbonyl (C=O) groups is 3. The molecule has 1 aromatic rings. The Morgan fingerprint density at radius 3 is 2.48 bits per heavy atom. The SMILES string of the molecule is NC(=O)C(CC(=O)NCCc1ccc(O)cc1)NC(=O)CCCC1CCNCC1. The summed E-state index contributed by atoms with van der Waals surface area (Å²) in [5.41, 5.74) is 6.32. The zero-order valence-electron chi connectivity index (χ0n) is 16.8. The number of amides is 3. The minimum Gasteiger partial charge on any atom is -0.508 e. The summed E-state index contributed by atoms with van der Waals surface area (Å²) in [5.74, 6) is -0.475. The number of carbonyl (C=O) groups excluding carboxylic acids is 3. The molecule has 29 heavy (non-hydrogen) atoms. The normalized spacial score (nSPS) is 15.4. The van der Waals surface area contributed by atoms with Crippen LogP contribution < -0.4 is 21.7 Å². The van der Waals surface area contributed by atoms with Crippen LogP contribution in [0.3, 0.4) is 0 Å². The van der Waals surface area contributed by atoms with Crippen LogP contribution in [0, 0.1) is 5.92 Å². The van der Waals surface area contributed by atoms with E-state index in [1.165, 1.54) is 0 Å². The fourth-order valence-electron chi connectivity index (χ4n) is 3.48. The van der Waals surface area contributed by atoms with Crippen molar-refractivity contribution in [2.75, 3.05) is 19.6 Å². The number of phenols is 1. The molecule has 0 radical (unpaired) electrons. The number of benzene rings is 1. The molecule has 2 rings (SSSR count). The van der Waals surface area contributed by atoms with E-state index >= 15 is 0 Å². The van der Waals surface area contributed by atoms with E-state index in [1.807, 2.05) is 0 Å². The molecule has 1 fully saturated rings. The van der Waals surface area contributed by atoms with Crippen molar-refractivity contribution in [1.82, 2.24) is 16.0 Å². The first kappa shape index (κ1) is 22.7. The summed E-state index contributed by atoms with van der Waals surface area (Å²) < 4.78 is 0. The van der Waals surface area contributed by atoms with E-state index in [4.69, 9.17) is 5.73 Å². The van der Waals surface area contributed by atoms with Crippen LogP contribution in [0.1, 0.15) is 44.1 Å². The molecule has 0 bridgehead atoms. The number of nitrogens with one attached hydrogen (secondary N) is 3. The summed E-state index contributed by atoms with van der Waals surface area (Å²) in [6.07, 6.45) is 4.78. The standard InChI is InChI=1S/C21H32N4O4/c22-21(29)18(25-19(27)3-1-2-15-8-11-23-12-9-15)14-20(28)24-13-10-16-4-6-17(26)7-5-16/h4-7,15,18,23,26H,1-3,8-14H2,(H2,22,29)(H,24,28)(H,25,27). The van der Waals surface area contributed by atoms with Crippen LogP contribution in [0.4, 0.5) is 0 Å². The van der Waals surface area contributed by atoms with E-state index in [9.17, 15) is 19.5 Å². The Labute approximate surface area is 171 Å². The van der Waals surface area contributed by atoms with Crippen molar-refractivity contribution in [3.63, 3.8) is 0 Å². The van der Waals surface area contributed by atoms with Crippen molar-refractivity contribution in [2.24, 2.45) is 11.7 Å². The fourth-order valence-corrected chi connectivity index (χ4v) is 3.48. The predicted octanol–water partition coefficient (Wildman–Crippen LogP) is 0.581. The van der Waals surface area contributed by atoms with Gasteiger partial charge in [-0.05, 0) is 68.8 Å². The highest BCUT2D eigenvalue weighted by molar-refractivity contribution is 5.91. The predicted molar refractivity (Wildman–Crippen MR) is 110 cm³/mol. The van der Waals surface area contributed by atoms with Gasteiger partial charge in [0.15, 0.2) is 0 Å². The van der Waals surface area contributed by atoms with E-state index in [-0.39, 0.29) is 24.0 Å². The van der Waals surface area contributed by atoms with Gasteiger partial charge in [0, 0.05) is 13.0 Å². The van der Waals surface area contributed by atoms with Crippen LogP contribution in [-0.2, 0) is 20.8 Å². The Bertz CT molecular complexity index is 672. The summed E-state index contributed by atoms with van der Waals surface area (Å²) in [6, 6.07) is 5.72. The fraction of sp³-hybridized carbons (Fsp3) is 0.571. The summed E-state index contributed by atoms with van der Waals surface area (Å²) in [6.45, 7) is 2.45. The van der Waals surface area contributed by atoms with Gasteiger partial charge in [-0.1, -0.05) is 12.1 Å². The molecule has 6 N–H and O–H groups in total. The lowest BCUT2D eigenvalue weighted by Gasteiger charge is -2.22. The molecule has 160 valence electrons. The van der Waals surface area contributed by atoms with Crippen LogP contribution in [0.25, 0.3) is 0 Å². The number of nitrogens with two attached hydrogens (primary N) is 1. The maximum atomic E-state index is 12.1. The molecule has 8 heteroatoms. The van der Waals surface area contributed by atoms with Crippen molar-refractivity contribution in [3.8, 4) is 5.75 Å². The topological polar surface area (TPSA) is 134 Å². The molecule has 0 saturated carbocycles. The third-order valence-corrected chi connectivity index (χ3v) is 5.22. The highest BCUT2D eigenvalue weighted by Crippen LogP contribution is 2.18. The number of hydrogen-bond donors (Lipinski definition) is 5. The Morgan fingerprint density at radius 1 is 1.14 bits per heavy atom. The van der Waals surface area contributed by atoms with Gasteiger partial charge in [0.2, 0.25) is 17.7 Å². The van der Waals surface area contributed by atoms with Crippen LogP contribution in [-0.4, -0.2) is 48.5 Å². The van der Waals surface area contributed by atoms with E-state index < -0.39 is 11.9 Å². The van der Waals surface area contributed by atoms with E-state index in [1.54, 1.807) is 24.3 Å². The molecule has 1 saturated heterocycles. The van der Waals surface area contributed by atoms with Crippen LogP contribution in [0.2, 0.25) is 0 Å². The van der Waals surface area contributed by atoms with Crippen molar-refractivity contribution >= 4 is 17.7 Å². The van der Waals surface area contributed by atoms with Gasteiger partial charge >= 0.3 is 0 Å². The van der Waals surface area contributed by atoms with Gasteiger partial charge in [-0.2, -0.15) is 0 Å². The van der Waals surface area contributed by atoms with Crippen LogP contribution in [0.5, 0.6) is 5.75 Å². The lowest BCUT2D eigenvalue weighted by atomic mass is 9.92. The molecule has 0 aromatic heterocycles. The van der Waals surface area contributed by atoms with Crippen LogP contribution >= 0.6 is 0 Å². The first-order chi connectivity index (χ1) is 13.9. The second kappa shape index (κ2) is 12.1. The Morgan fingerprint density at radius 2 is 1.83 bits per heavy atom.